The smallest absolute Gasteiger partial charge is 0.224 e. The van der Waals surface area contributed by atoms with Crippen LogP contribution in [0.2, 0.25) is 0 Å². The van der Waals surface area contributed by atoms with E-state index < -0.39 is 0 Å². The van der Waals surface area contributed by atoms with E-state index in [1.807, 2.05) is 30.5 Å². The molecule has 0 radical (unpaired) electrons. The van der Waals surface area contributed by atoms with E-state index in [-0.39, 0.29) is 12.5 Å². The Labute approximate surface area is 93.9 Å². The van der Waals surface area contributed by atoms with Gasteiger partial charge in [0.15, 0.2) is 0 Å². The zero-order chi connectivity index (χ0) is 11.1. The molecule has 3 nitrogen and oxygen atoms in total. The van der Waals surface area contributed by atoms with Gasteiger partial charge in [0.1, 0.15) is 0 Å². The second-order valence-corrected chi connectivity index (χ2v) is 3.99. The second kappa shape index (κ2) is 6.48. The van der Waals surface area contributed by atoms with Gasteiger partial charge in [0.05, 0.1) is 0 Å². The Bertz CT molecular complexity index is 328. The maximum absolute atomic E-state index is 11.3. The van der Waals surface area contributed by atoms with Crippen molar-refractivity contribution in [2.45, 2.75) is 17.7 Å². The topological polar surface area (TPSA) is 49.3 Å². The highest BCUT2D eigenvalue weighted by Crippen LogP contribution is 2.18. The van der Waals surface area contributed by atoms with Crippen molar-refractivity contribution < 1.29 is 9.90 Å². The molecule has 0 spiro atoms. The van der Waals surface area contributed by atoms with Gasteiger partial charge in [-0.3, -0.25) is 4.79 Å². The summed E-state index contributed by atoms with van der Waals surface area (Å²) in [6.07, 6.45) is 2.86. The number of carbonyl (C=O) groups excluding carboxylic acids is 1. The molecular formula is C11H15NO2S. The maximum atomic E-state index is 11.3. The van der Waals surface area contributed by atoms with Gasteiger partial charge in [-0.05, 0) is 30.9 Å². The zero-order valence-electron chi connectivity index (χ0n) is 8.69. The summed E-state index contributed by atoms with van der Waals surface area (Å²) in [6, 6.07) is 7.69. The van der Waals surface area contributed by atoms with Gasteiger partial charge in [-0.25, -0.2) is 0 Å². The molecule has 4 heteroatoms. The van der Waals surface area contributed by atoms with Gasteiger partial charge in [0.25, 0.3) is 0 Å². The number of nitrogens with one attached hydrogen (secondary N) is 1. The van der Waals surface area contributed by atoms with Crippen LogP contribution >= 0.6 is 11.8 Å². The molecule has 0 bridgehead atoms. The van der Waals surface area contributed by atoms with E-state index >= 15 is 0 Å². The molecule has 0 saturated heterocycles. The highest BCUT2D eigenvalue weighted by Gasteiger charge is 2.01. The van der Waals surface area contributed by atoms with Crippen LogP contribution in [0.1, 0.15) is 12.8 Å². The SMILES string of the molecule is CSc1cccc(NC(=O)CCCO)c1. The molecule has 2 N–H and O–H groups in total. The van der Waals surface area contributed by atoms with Crippen LogP contribution in [-0.4, -0.2) is 23.9 Å². The molecule has 1 aromatic carbocycles. The minimum atomic E-state index is -0.0534. The summed E-state index contributed by atoms with van der Waals surface area (Å²) in [5.41, 5.74) is 0.810. The van der Waals surface area contributed by atoms with Crippen molar-refractivity contribution in [2.24, 2.45) is 0 Å². The summed E-state index contributed by atoms with van der Waals surface area (Å²) in [4.78, 5) is 12.5. The van der Waals surface area contributed by atoms with Gasteiger partial charge in [0, 0.05) is 23.6 Å². The highest BCUT2D eigenvalue weighted by molar-refractivity contribution is 7.98. The molecule has 0 fully saturated rings. The standard InChI is InChI=1S/C11H15NO2S/c1-15-10-5-2-4-9(8-10)12-11(14)6-3-7-13/h2,4-5,8,13H,3,6-7H2,1H3,(H,12,14). The summed E-state index contributed by atoms with van der Waals surface area (Å²) in [6.45, 7) is 0.0538. The fraction of sp³-hybridized carbons (Fsp3) is 0.364. The van der Waals surface area contributed by atoms with Crippen LogP contribution in [0.4, 0.5) is 5.69 Å². The van der Waals surface area contributed by atoms with Crippen LogP contribution < -0.4 is 5.32 Å². The van der Waals surface area contributed by atoms with Gasteiger partial charge in [-0.1, -0.05) is 6.07 Å². The molecule has 0 heterocycles. The Hall–Kier alpha value is -1.00. The number of aliphatic hydroxyl groups excluding tert-OH is 1. The average molecular weight is 225 g/mol. The van der Waals surface area contributed by atoms with Gasteiger partial charge in [0.2, 0.25) is 5.91 Å². The largest absolute Gasteiger partial charge is 0.396 e. The molecule has 1 aromatic rings. The first-order chi connectivity index (χ1) is 7.26. The molecular weight excluding hydrogens is 210 g/mol. The van der Waals surface area contributed by atoms with Crippen molar-refractivity contribution in [1.82, 2.24) is 0 Å². The minimum absolute atomic E-state index is 0.0534. The fourth-order valence-corrected chi connectivity index (χ4v) is 1.62. The van der Waals surface area contributed by atoms with Crippen molar-refractivity contribution in [3.8, 4) is 0 Å². The zero-order valence-corrected chi connectivity index (χ0v) is 9.51. The number of amides is 1. The van der Waals surface area contributed by atoms with Crippen LogP contribution in [0.3, 0.4) is 0 Å². The predicted molar refractivity (Wildman–Crippen MR) is 63.2 cm³/mol. The Morgan fingerprint density at radius 3 is 3.00 bits per heavy atom. The van der Waals surface area contributed by atoms with E-state index in [0.717, 1.165) is 10.6 Å². The van der Waals surface area contributed by atoms with Crippen LogP contribution in [-0.2, 0) is 4.79 Å². The Morgan fingerprint density at radius 2 is 2.33 bits per heavy atom. The van der Waals surface area contributed by atoms with Crippen LogP contribution in [0.15, 0.2) is 29.2 Å². The van der Waals surface area contributed by atoms with E-state index in [2.05, 4.69) is 5.32 Å². The molecule has 0 aromatic heterocycles. The molecule has 1 rings (SSSR count). The molecule has 82 valence electrons. The van der Waals surface area contributed by atoms with Gasteiger partial charge in [-0.15, -0.1) is 11.8 Å². The van der Waals surface area contributed by atoms with E-state index in [1.165, 1.54) is 0 Å². The predicted octanol–water partition coefficient (Wildman–Crippen LogP) is 2.12. The lowest BCUT2D eigenvalue weighted by molar-refractivity contribution is -0.116. The third kappa shape index (κ3) is 4.36. The molecule has 0 aliphatic heterocycles. The molecule has 0 saturated carbocycles. The Balaban J connectivity index is 2.52. The average Bonchev–Trinajstić information content (AvgIpc) is 2.26. The van der Waals surface area contributed by atoms with E-state index in [0.29, 0.717) is 12.8 Å². The van der Waals surface area contributed by atoms with E-state index in [9.17, 15) is 4.79 Å². The van der Waals surface area contributed by atoms with Crippen molar-refractivity contribution in [1.29, 1.82) is 0 Å². The number of rotatable bonds is 5. The molecule has 0 atom stereocenters. The normalized spacial score (nSPS) is 10.0. The third-order valence-electron chi connectivity index (χ3n) is 1.92. The van der Waals surface area contributed by atoms with Crippen molar-refractivity contribution in [2.75, 3.05) is 18.2 Å². The Morgan fingerprint density at radius 1 is 1.53 bits per heavy atom. The summed E-state index contributed by atoms with van der Waals surface area (Å²) in [7, 11) is 0. The fourth-order valence-electron chi connectivity index (χ4n) is 1.16. The monoisotopic (exact) mass is 225 g/mol. The summed E-state index contributed by atoms with van der Waals surface area (Å²) >= 11 is 1.64. The molecule has 0 unspecified atom stereocenters. The van der Waals surface area contributed by atoms with Crippen molar-refractivity contribution >= 4 is 23.4 Å². The molecule has 1 amide bonds. The van der Waals surface area contributed by atoms with Gasteiger partial charge in [-0.2, -0.15) is 0 Å². The number of benzene rings is 1. The maximum Gasteiger partial charge on any atom is 0.224 e. The highest BCUT2D eigenvalue weighted by atomic mass is 32.2. The quantitative estimate of drug-likeness (QED) is 0.755. The van der Waals surface area contributed by atoms with E-state index in [4.69, 9.17) is 5.11 Å². The lowest BCUT2D eigenvalue weighted by Crippen LogP contribution is -2.11. The first-order valence-electron chi connectivity index (χ1n) is 4.81. The number of aliphatic hydroxyl groups is 1. The van der Waals surface area contributed by atoms with Gasteiger partial charge >= 0.3 is 0 Å². The first kappa shape index (κ1) is 12.1. The second-order valence-electron chi connectivity index (χ2n) is 3.11. The third-order valence-corrected chi connectivity index (χ3v) is 2.64. The molecule has 15 heavy (non-hydrogen) atoms. The number of hydrogen-bond acceptors (Lipinski definition) is 3. The van der Waals surface area contributed by atoms with Gasteiger partial charge < -0.3 is 10.4 Å². The van der Waals surface area contributed by atoms with Crippen molar-refractivity contribution in [3.63, 3.8) is 0 Å². The lowest BCUT2D eigenvalue weighted by atomic mass is 10.3. The summed E-state index contributed by atoms with van der Waals surface area (Å²) < 4.78 is 0. The number of anilines is 1. The van der Waals surface area contributed by atoms with Crippen molar-refractivity contribution in [3.05, 3.63) is 24.3 Å². The van der Waals surface area contributed by atoms with E-state index in [1.54, 1.807) is 11.8 Å². The Kier molecular flexibility index (Phi) is 5.21. The van der Waals surface area contributed by atoms with Crippen LogP contribution in [0, 0.1) is 0 Å². The minimum Gasteiger partial charge on any atom is -0.396 e. The number of thioether (sulfide) groups is 1. The van der Waals surface area contributed by atoms with Crippen LogP contribution in [0.25, 0.3) is 0 Å². The summed E-state index contributed by atoms with van der Waals surface area (Å²) in [5, 5.41) is 11.4. The molecule has 0 aliphatic rings. The van der Waals surface area contributed by atoms with Crippen LogP contribution in [0.5, 0.6) is 0 Å². The first-order valence-corrected chi connectivity index (χ1v) is 6.03. The molecule has 0 aliphatic carbocycles. The lowest BCUT2D eigenvalue weighted by Gasteiger charge is -2.05. The number of hydrogen-bond donors (Lipinski definition) is 2. The summed E-state index contributed by atoms with van der Waals surface area (Å²) in [5.74, 6) is -0.0534. The number of carbonyl (C=O) groups is 1.